The second kappa shape index (κ2) is 9.56. The summed E-state index contributed by atoms with van der Waals surface area (Å²) in [4.78, 5) is 36.7. The fourth-order valence-electron chi connectivity index (χ4n) is 11.3. The van der Waals surface area contributed by atoms with Gasteiger partial charge >= 0.3 is 11.9 Å². The third kappa shape index (κ3) is 4.33. The number of amides is 1. The van der Waals surface area contributed by atoms with E-state index in [0.29, 0.717) is 11.8 Å². The zero-order chi connectivity index (χ0) is 30.4. The number of rotatable bonds is 5. The maximum absolute atomic E-state index is 13.1. The number of aliphatic hydroxyl groups is 1. The van der Waals surface area contributed by atoms with Crippen LogP contribution in [0.2, 0.25) is 0 Å². The number of ether oxygens (including phenoxy) is 1. The molecule has 0 aromatic carbocycles. The number of carbonyl (C=O) groups is 3. The predicted octanol–water partition coefficient (Wildman–Crippen LogP) is 6.02. The first-order valence-corrected chi connectivity index (χ1v) is 15.9. The molecule has 0 aromatic rings. The van der Waals surface area contributed by atoms with Crippen molar-refractivity contribution in [2.45, 2.75) is 131 Å². The van der Waals surface area contributed by atoms with E-state index in [1.807, 2.05) is 0 Å². The summed E-state index contributed by atoms with van der Waals surface area (Å²) in [5, 5.41) is 18.7. The number of carboxylic acids is 1. The van der Waals surface area contributed by atoms with Gasteiger partial charge in [-0.3, -0.25) is 9.59 Å². The van der Waals surface area contributed by atoms with Gasteiger partial charge in [-0.05, 0) is 104 Å². The summed E-state index contributed by atoms with van der Waals surface area (Å²) in [6.45, 7) is 16.6. The lowest BCUT2D eigenvalue weighted by molar-refractivity contribution is -0.213. The molecule has 230 valence electrons. The minimum Gasteiger partial charge on any atom is -0.479 e. The summed E-state index contributed by atoms with van der Waals surface area (Å²) in [6, 6.07) is 0. The number of carbonyl (C=O) groups excluding carboxylic acids is 2. The average Bonchev–Trinajstić information content (AvgIpc) is 2.85. The standard InChI is InChI=1S/C34H53NO6/c1-29(2)14-16-34(28(35)40)17-15-32(6)20(21(34)19-29)8-9-24-31(5)12-11-25(41-26(37)18-22(36)27(38)39)30(3,4)23(31)10-13-33(24,32)7/h8,21-25,36H,9-19H2,1-7H3,(H2,35,40)(H,38,39)/t21?,22-,23-,24+,25-,31-,32+,33+,34-/m0/s1. The number of aliphatic hydroxyl groups excluding tert-OH is 1. The summed E-state index contributed by atoms with van der Waals surface area (Å²) in [5.74, 6) is -1.10. The van der Waals surface area contributed by atoms with Gasteiger partial charge in [-0.25, -0.2) is 4.79 Å². The molecule has 7 heteroatoms. The predicted molar refractivity (Wildman–Crippen MR) is 156 cm³/mol. The molecule has 4 fully saturated rings. The number of esters is 1. The minimum absolute atomic E-state index is 0.0152. The molecule has 0 aromatic heterocycles. The molecule has 5 aliphatic rings. The number of carboxylic acid groups (broad SMARTS) is 1. The third-order valence-electron chi connectivity index (χ3n) is 14.0. The highest BCUT2D eigenvalue weighted by Gasteiger charge is 2.69. The van der Waals surface area contributed by atoms with Crippen LogP contribution in [-0.2, 0) is 19.1 Å². The largest absolute Gasteiger partial charge is 0.479 e. The van der Waals surface area contributed by atoms with E-state index in [4.69, 9.17) is 15.6 Å². The van der Waals surface area contributed by atoms with Crippen LogP contribution in [0.15, 0.2) is 11.6 Å². The van der Waals surface area contributed by atoms with Crippen LogP contribution >= 0.6 is 0 Å². The quantitative estimate of drug-likeness (QED) is 0.274. The van der Waals surface area contributed by atoms with E-state index in [-0.39, 0.29) is 45.0 Å². The fourth-order valence-corrected chi connectivity index (χ4v) is 11.3. The van der Waals surface area contributed by atoms with Crippen molar-refractivity contribution in [3.05, 3.63) is 11.6 Å². The Hall–Kier alpha value is -1.89. The van der Waals surface area contributed by atoms with E-state index in [2.05, 4.69) is 54.5 Å². The van der Waals surface area contributed by atoms with Crippen molar-refractivity contribution < 1.29 is 29.3 Å². The topological polar surface area (TPSA) is 127 Å². The molecule has 0 aliphatic heterocycles. The van der Waals surface area contributed by atoms with Crippen molar-refractivity contribution in [1.29, 1.82) is 0 Å². The Balaban J connectivity index is 1.45. The number of hydrogen-bond donors (Lipinski definition) is 3. The highest BCUT2D eigenvalue weighted by Crippen LogP contribution is 2.75. The Labute approximate surface area is 246 Å². The Morgan fingerprint density at radius 2 is 1.61 bits per heavy atom. The van der Waals surface area contributed by atoms with Gasteiger partial charge in [0.1, 0.15) is 6.10 Å². The molecule has 0 bridgehead atoms. The van der Waals surface area contributed by atoms with Crippen molar-refractivity contribution in [2.24, 2.45) is 56.0 Å². The zero-order valence-electron chi connectivity index (χ0n) is 26.3. The highest BCUT2D eigenvalue weighted by atomic mass is 16.5. The van der Waals surface area contributed by atoms with Gasteiger partial charge < -0.3 is 20.7 Å². The van der Waals surface area contributed by atoms with Gasteiger partial charge in [-0.1, -0.05) is 60.1 Å². The summed E-state index contributed by atoms with van der Waals surface area (Å²) in [5.41, 5.74) is 7.41. The molecule has 1 amide bonds. The van der Waals surface area contributed by atoms with Crippen molar-refractivity contribution in [1.82, 2.24) is 0 Å². The molecule has 7 nitrogen and oxygen atoms in total. The van der Waals surface area contributed by atoms with Crippen LogP contribution in [-0.4, -0.2) is 40.3 Å². The maximum atomic E-state index is 13.1. The van der Waals surface area contributed by atoms with Gasteiger partial charge in [0.05, 0.1) is 11.8 Å². The molecule has 41 heavy (non-hydrogen) atoms. The van der Waals surface area contributed by atoms with E-state index in [1.54, 1.807) is 0 Å². The van der Waals surface area contributed by atoms with Crippen LogP contribution in [0, 0.1) is 50.2 Å². The van der Waals surface area contributed by atoms with Gasteiger partial charge in [-0.15, -0.1) is 0 Å². The number of allylic oxidation sites excluding steroid dienone is 2. The van der Waals surface area contributed by atoms with Gasteiger partial charge in [0.15, 0.2) is 6.10 Å². The van der Waals surface area contributed by atoms with E-state index in [1.165, 1.54) is 5.57 Å². The van der Waals surface area contributed by atoms with Crippen LogP contribution in [0.1, 0.15) is 119 Å². The van der Waals surface area contributed by atoms with E-state index in [0.717, 1.165) is 64.2 Å². The SMILES string of the molecule is CC1(C)CC[C@]2(C(N)=O)CC[C@]3(C)C(=CC[C@@H]4[C@@]5(C)CC[C@H](OC(=O)C[C@H](O)C(=O)O)C(C)(C)[C@@H]5CC[C@]43C)C2C1. The lowest BCUT2D eigenvalue weighted by atomic mass is 9.33. The van der Waals surface area contributed by atoms with Crippen LogP contribution in [0.4, 0.5) is 0 Å². The molecular formula is C34H53NO6. The summed E-state index contributed by atoms with van der Waals surface area (Å²) in [6.07, 6.45) is 9.63. The van der Waals surface area contributed by atoms with Gasteiger partial charge in [-0.2, -0.15) is 0 Å². The lowest BCUT2D eigenvalue weighted by Gasteiger charge is -2.71. The molecule has 4 N–H and O–H groups in total. The summed E-state index contributed by atoms with van der Waals surface area (Å²) < 4.78 is 5.88. The van der Waals surface area contributed by atoms with Crippen LogP contribution in [0.3, 0.4) is 0 Å². The molecule has 0 saturated heterocycles. The number of primary amides is 1. The summed E-state index contributed by atoms with van der Waals surface area (Å²) in [7, 11) is 0. The van der Waals surface area contributed by atoms with Gasteiger partial charge in [0, 0.05) is 5.41 Å². The molecule has 9 atom stereocenters. The van der Waals surface area contributed by atoms with E-state index >= 15 is 0 Å². The molecular weight excluding hydrogens is 518 g/mol. The van der Waals surface area contributed by atoms with Crippen LogP contribution < -0.4 is 5.73 Å². The lowest BCUT2D eigenvalue weighted by Crippen LogP contribution is -2.65. The third-order valence-corrected chi connectivity index (χ3v) is 14.0. The molecule has 1 unspecified atom stereocenters. The normalized spacial score (nSPS) is 45.0. The van der Waals surface area contributed by atoms with E-state index < -0.39 is 29.9 Å². The number of aliphatic carboxylic acids is 1. The minimum atomic E-state index is -1.74. The van der Waals surface area contributed by atoms with E-state index in [9.17, 15) is 19.5 Å². The number of nitrogens with two attached hydrogens (primary N) is 1. The Kier molecular flexibility index (Phi) is 7.12. The molecule has 5 aliphatic carbocycles. The van der Waals surface area contributed by atoms with Crippen LogP contribution in [0.5, 0.6) is 0 Å². The van der Waals surface area contributed by atoms with Crippen molar-refractivity contribution in [3.8, 4) is 0 Å². The maximum Gasteiger partial charge on any atom is 0.333 e. The molecule has 4 saturated carbocycles. The molecule has 0 heterocycles. The number of fused-ring (bicyclic) bond motifs is 7. The second-order valence-corrected chi connectivity index (χ2v) is 16.6. The van der Waals surface area contributed by atoms with Crippen molar-refractivity contribution >= 4 is 17.8 Å². The fraction of sp³-hybridized carbons (Fsp3) is 0.853. The molecule has 5 rings (SSSR count). The first-order valence-electron chi connectivity index (χ1n) is 15.9. The van der Waals surface area contributed by atoms with Gasteiger partial charge in [0.25, 0.3) is 0 Å². The highest BCUT2D eigenvalue weighted by molar-refractivity contribution is 5.82. The van der Waals surface area contributed by atoms with Crippen molar-refractivity contribution in [2.75, 3.05) is 0 Å². The number of hydrogen-bond acceptors (Lipinski definition) is 5. The average molecular weight is 572 g/mol. The first-order chi connectivity index (χ1) is 18.8. The second-order valence-electron chi connectivity index (χ2n) is 16.6. The monoisotopic (exact) mass is 571 g/mol. The summed E-state index contributed by atoms with van der Waals surface area (Å²) >= 11 is 0. The Morgan fingerprint density at radius 1 is 0.951 bits per heavy atom. The zero-order valence-corrected chi connectivity index (χ0v) is 26.3. The van der Waals surface area contributed by atoms with Crippen LogP contribution in [0.25, 0.3) is 0 Å². The van der Waals surface area contributed by atoms with Crippen molar-refractivity contribution in [3.63, 3.8) is 0 Å². The Bertz CT molecular complexity index is 1160. The smallest absolute Gasteiger partial charge is 0.333 e. The Morgan fingerprint density at radius 3 is 2.24 bits per heavy atom. The molecule has 0 radical (unpaired) electrons. The van der Waals surface area contributed by atoms with Gasteiger partial charge in [0.2, 0.25) is 5.91 Å². The molecule has 0 spiro atoms. The first kappa shape index (κ1) is 30.6.